The van der Waals surface area contributed by atoms with E-state index in [0.29, 0.717) is 34.8 Å². The Kier molecular flexibility index (Phi) is 7.24. The highest BCUT2D eigenvalue weighted by atomic mass is 32.2. The van der Waals surface area contributed by atoms with Crippen LogP contribution in [0.25, 0.3) is 11.0 Å². The summed E-state index contributed by atoms with van der Waals surface area (Å²) < 4.78 is 36.6. The maximum Gasteiger partial charge on any atom is 0.298 e. The predicted octanol–water partition coefficient (Wildman–Crippen LogP) is 2.54. The van der Waals surface area contributed by atoms with Gasteiger partial charge in [0.2, 0.25) is 0 Å². The van der Waals surface area contributed by atoms with Crippen molar-refractivity contribution in [2.24, 2.45) is 10.9 Å². The van der Waals surface area contributed by atoms with E-state index in [4.69, 9.17) is 25.4 Å². The van der Waals surface area contributed by atoms with E-state index in [-0.39, 0.29) is 5.84 Å². The minimum atomic E-state index is -4.29. The van der Waals surface area contributed by atoms with Crippen LogP contribution in [0.5, 0.6) is 5.75 Å². The lowest BCUT2D eigenvalue weighted by Gasteiger charge is -2.20. The number of hydrogen-bond acceptors (Lipinski definition) is 7. The molecule has 0 spiro atoms. The van der Waals surface area contributed by atoms with Crippen molar-refractivity contribution in [1.82, 2.24) is 4.72 Å². The van der Waals surface area contributed by atoms with Crippen LogP contribution < -0.4 is 25.6 Å². The summed E-state index contributed by atoms with van der Waals surface area (Å²) in [5.74, 6) is 0.255. The van der Waals surface area contributed by atoms with Crippen LogP contribution in [-0.4, -0.2) is 26.8 Å². The largest absolute Gasteiger partial charge is 0.490 e. The number of nitrogens with two attached hydrogens (primary N) is 2. The van der Waals surface area contributed by atoms with Crippen molar-refractivity contribution in [3.05, 3.63) is 59.4 Å². The molecule has 176 valence electrons. The zero-order valence-electron chi connectivity index (χ0n) is 18.3. The summed E-state index contributed by atoms with van der Waals surface area (Å²) in [6.07, 6.45) is 1.64. The lowest BCUT2D eigenvalue weighted by molar-refractivity contribution is -0.120. The highest BCUT2D eigenvalue weighted by Gasteiger charge is 2.26. The summed E-state index contributed by atoms with van der Waals surface area (Å²) >= 11 is 0. The highest BCUT2D eigenvalue weighted by molar-refractivity contribution is 7.87. The maximum absolute atomic E-state index is 12.9. The Morgan fingerprint density at radius 3 is 2.45 bits per heavy atom. The average Bonchev–Trinajstić information content (AvgIpc) is 3.14. The number of ether oxygens (including phenoxy) is 1. The van der Waals surface area contributed by atoms with E-state index in [1.54, 1.807) is 36.4 Å². The number of benzene rings is 2. The molecule has 1 heterocycles. The van der Waals surface area contributed by atoms with Crippen LogP contribution in [0.2, 0.25) is 0 Å². The van der Waals surface area contributed by atoms with E-state index < -0.39 is 22.2 Å². The van der Waals surface area contributed by atoms with Gasteiger partial charge in [-0.05, 0) is 61.4 Å². The molecule has 11 heteroatoms. The van der Waals surface area contributed by atoms with Crippen molar-refractivity contribution in [2.75, 3.05) is 11.9 Å². The summed E-state index contributed by atoms with van der Waals surface area (Å²) in [6, 6.07) is 10.6. The molecule has 33 heavy (non-hydrogen) atoms. The lowest BCUT2D eigenvalue weighted by atomic mass is 10.0. The van der Waals surface area contributed by atoms with Crippen molar-refractivity contribution >= 4 is 38.6 Å². The number of fused-ring (bicyclic) bond motifs is 1. The maximum atomic E-state index is 12.9. The fourth-order valence-electron chi connectivity index (χ4n) is 3.41. The standard InChI is InChI=1S/C22H27N5O5S/c1-3-5-17-11-15-10-14(12-18(31-4-2)20(15)32-17)19(22(28)27-33(25,29)30)26-16-8-6-13(7-9-16)21(23)24/h6-12,19,26H,3-5H2,1-2H3,(H3,23,24)(H,27,28)(H2,25,29,30)/t19-/m1/s1. The molecule has 7 N–H and O–H groups in total. The van der Waals surface area contributed by atoms with E-state index in [2.05, 4.69) is 5.32 Å². The minimum Gasteiger partial charge on any atom is -0.490 e. The second kappa shape index (κ2) is 9.92. The summed E-state index contributed by atoms with van der Waals surface area (Å²) in [5.41, 5.74) is 7.51. The fourth-order valence-corrected chi connectivity index (χ4v) is 3.81. The first-order valence-electron chi connectivity index (χ1n) is 10.4. The van der Waals surface area contributed by atoms with Gasteiger partial charge in [0.1, 0.15) is 17.6 Å². The summed E-state index contributed by atoms with van der Waals surface area (Å²) in [6.45, 7) is 4.24. The van der Waals surface area contributed by atoms with Gasteiger partial charge in [0.05, 0.1) is 6.61 Å². The Labute approximate surface area is 192 Å². The Bertz CT molecular complexity index is 1270. The average molecular weight is 474 g/mol. The highest BCUT2D eigenvalue weighted by Crippen LogP contribution is 2.34. The van der Waals surface area contributed by atoms with Crippen LogP contribution >= 0.6 is 0 Å². The summed E-state index contributed by atoms with van der Waals surface area (Å²) in [4.78, 5) is 12.9. The van der Waals surface area contributed by atoms with Crippen molar-refractivity contribution in [2.45, 2.75) is 32.7 Å². The molecule has 0 unspecified atom stereocenters. The number of nitrogen functional groups attached to an aromatic ring is 1. The van der Waals surface area contributed by atoms with Crippen LogP contribution in [0, 0.1) is 5.41 Å². The van der Waals surface area contributed by atoms with Crippen LogP contribution in [-0.2, 0) is 21.4 Å². The van der Waals surface area contributed by atoms with Gasteiger partial charge in [0.15, 0.2) is 11.3 Å². The molecular weight excluding hydrogens is 446 g/mol. The second-order valence-corrected chi connectivity index (χ2v) is 8.71. The first-order chi connectivity index (χ1) is 15.6. The third-order valence-electron chi connectivity index (χ3n) is 4.80. The number of carbonyl (C=O) groups is 1. The molecular formula is C22H27N5O5S. The van der Waals surface area contributed by atoms with E-state index in [0.717, 1.165) is 24.0 Å². The monoisotopic (exact) mass is 473 g/mol. The SMILES string of the molecule is CCCc1cc2cc([C@@H](Nc3ccc(C(=N)N)cc3)C(=O)NS(N)(=O)=O)cc(OCC)c2o1. The van der Waals surface area contributed by atoms with E-state index in [1.807, 2.05) is 24.6 Å². The predicted molar refractivity (Wildman–Crippen MR) is 126 cm³/mol. The van der Waals surface area contributed by atoms with Crippen molar-refractivity contribution in [3.8, 4) is 5.75 Å². The van der Waals surface area contributed by atoms with Crippen molar-refractivity contribution in [3.63, 3.8) is 0 Å². The van der Waals surface area contributed by atoms with Gasteiger partial charge >= 0.3 is 0 Å². The lowest BCUT2D eigenvalue weighted by Crippen LogP contribution is -2.41. The molecule has 2 aromatic carbocycles. The van der Waals surface area contributed by atoms with Crippen molar-refractivity contribution < 1.29 is 22.4 Å². The smallest absolute Gasteiger partial charge is 0.298 e. The number of carbonyl (C=O) groups excluding carboxylic acids is 1. The number of rotatable bonds is 10. The number of hydrogen-bond donors (Lipinski definition) is 5. The van der Waals surface area contributed by atoms with Crippen LogP contribution in [0.3, 0.4) is 0 Å². The first-order valence-corrected chi connectivity index (χ1v) is 11.9. The molecule has 0 bridgehead atoms. The molecule has 3 rings (SSSR count). The van der Waals surface area contributed by atoms with Gasteiger partial charge in [-0.1, -0.05) is 6.92 Å². The second-order valence-electron chi connectivity index (χ2n) is 7.41. The summed E-state index contributed by atoms with van der Waals surface area (Å²) in [5, 5.41) is 16.3. The topological polar surface area (TPSA) is 174 Å². The number of anilines is 1. The molecule has 0 fully saturated rings. The number of furan rings is 1. The molecule has 0 aliphatic rings. The summed E-state index contributed by atoms with van der Waals surface area (Å²) in [7, 11) is -4.29. The zero-order chi connectivity index (χ0) is 24.2. The molecule has 3 aromatic rings. The van der Waals surface area contributed by atoms with Gasteiger partial charge in [0, 0.05) is 23.1 Å². The Hall–Kier alpha value is -3.57. The van der Waals surface area contributed by atoms with Crippen LogP contribution in [0.1, 0.15) is 43.2 Å². The molecule has 0 saturated carbocycles. The van der Waals surface area contributed by atoms with Gasteiger partial charge in [-0.15, -0.1) is 0 Å². The van der Waals surface area contributed by atoms with Crippen LogP contribution in [0.15, 0.2) is 46.9 Å². The quantitative estimate of drug-likeness (QED) is 0.222. The molecule has 1 amide bonds. The van der Waals surface area contributed by atoms with Gasteiger partial charge in [-0.25, -0.2) is 9.86 Å². The van der Waals surface area contributed by atoms with E-state index in [1.165, 1.54) is 0 Å². The minimum absolute atomic E-state index is 0.0975. The molecule has 0 aliphatic heterocycles. The fraction of sp³-hybridized carbons (Fsp3) is 0.273. The Balaban J connectivity index is 2.07. The normalized spacial score (nSPS) is 12.3. The molecule has 10 nitrogen and oxygen atoms in total. The van der Waals surface area contributed by atoms with E-state index in [9.17, 15) is 13.2 Å². The Morgan fingerprint density at radius 2 is 1.88 bits per heavy atom. The van der Waals surface area contributed by atoms with Crippen LogP contribution in [0.4, 0.5) is 5.69 Å². The molecule has 0 saturated heterocycles. The van der Waals surface area contributed by atoms with Gasteiger partial charge in [0.25, 0.3) is 16.1 Å². The van der Waals surface area contributed by atoms with Gasteiger partial charge < -0.3 is 20.2 Å². The first kappa shape index (κ1) is 24.1. The Morgan fingerprint density at radius 1 is 1.18 bits per heavy atom. The molecule has 1 aromatic heterocycles. The molecule has 1 atom stereocenters. The van der Waals surface area contributed by atoms with Gasteiger partial charge in [-0.3, -0.25) is 10.2 Å². The third kappa shape index (κ3) is 6.02. The molecule has 0 radical (unpaired) electrons. The van der Waals surface area contributed by atoms with E-state index >= 15 is 0 Å². The number of amidine groups is 1. The number of amides is 1. The van der Waals surface area contributed by atoms with Gasteiger partial charge in [-0.2, -0.15) is 8.42 Å². The third-order valence-corrected chi connectivity index (χ3v) is 5.28. The molecule has 0 aliphatic carbocycles. The number of aryl methyl sites for hydroxylation is 1. The number of nitrogens with one attached hydrogen (secondary N) is 3. The zero-order valence-corrected chi connectivity index (χ0v) is 19.2. The van der Waals surface area contributed by atoms with Crippen molar-refractivity contribution in [1.29, 1.82) is 5.41 Å².